The molecule has 2 amide bonds. The average molecular weight is 320 g/mol. The molecule has 7 heteroatoms. The zero-order valence-electron chi connectivity index (χ0n) is 13.7. The quantitative estimate of drug-likeness (QED) is 0.812. The highest BCUT2D eigenvalue weighted by Crippen LogP contribution is 2.20. The van der Waals surface area contributed by atoms with Crippen molar-refractivity contribution >= 4 is 11.8 Å². The van der Waals surface area contributed by atoms with Crippen molar-refractivity contribution in [3.63, 3.8) is 0 Å². The maximum absolute atomic E-state index is 12.7. The van der Waals surface area contributed by atoms with Crippen LogP contribution in [0.3, 0.4) is 0 Å². The third-order valence-corrected chi connectivity index (χ3v) is 4.56. The number of nitrogens with zero attached hydrogens (tertiary/aromatic N) is 4. The van der Waals surface area contributed by atoms with E-state index in [4.69, 9.17) is 4.74 Å². The summed E-state index contributed by atoms with van der Waals surface area (Å²) < 4.78 is 7.12. The fraction of sp³-hybridized carbons (Fsp3) is 0.688. The number of hydrogen-bond acceptors (Lipinski definition) is 4. The zero-order valence-corrected chi connectivity index (χ0v) is 13.7. The molecule has 0 N–H and O–H groups in total. The lowest BCUT2D eigenvalue weighted by Gasteiger charge is -2.34. The summed E-state index contributed by atoms with van der Waals surface area (Å²) >= 11 is 0. The Balaban J connectivity index is 1.58. The summed E-state index contributed by atoms with van der Waals surface area (Å²) in [7, 11) is 0. The number of aromatic nitrogens is 2. The van der Waals surface area contributed by atoms with Crippen molar-refractivity contribution in [3.05, 3.63) is 17.5 Å². The molecule has 0 aliphatic carbocycles. The van der Waals surface area contributed by atoms with E-state index in [1.54, 1.807) is 11.1 Å². The molecule has 1 aromatic rings. The second-order valence-electron chi connectivity index (χ2n) is 6.00. The van der Waals surface area contributed by atoms with Crippen LogP contribution in [-0.2, 0) is 22.5 Å². The third-order valence-electron chi connectivity index (χ3n) is 4.56. The van der Waals surface area contributed by atoms with Gasteiger partial charge in [-0.25, -0.2) is 0 Å². The first-order chi connectivity index (χ1) is 11.2. The van der Waals surface area contributed by atoms with Crippen molar-refractivity contribution in [3.8, 4) is 0 Å². The van der Waals surface area contributed by atoms with E-state index in [1.165, 1.54) is 0 Å². The zero-order chi connectivity index (χ0) is 16.2. The number of rotatable bonds is 4. The standard InChI is InChI=1S/C16H24N4O3/c1-2-23-12-15(21)18-7-9-19(10-8-18)16(22)13-11-17-20-6-4-3-5-14(13)20/h11H,2-10,12H2,1H3. The minimum atomic E-state index is 0.00172. The van der Waals surface area contributed by atoms with E-state index in [0.29, 0.717) is 32.8 Å². The highest BCUT2D eigenvalue weighted by molar-refractivity contribution is 5.95. The molecule has 1 fully saturated rings. The van der Waals surface area contributed by atoms with Crippen LogP contribution in [0.2, 0.25) is 0 Å². The number of piperazine rings is 1. The van der Waals surface area contributed by atoms with E-state index in [9.17, 15) is 9.59 Å². The topological polar surface area (TPSA) is 67.7 Å². The van der Waals surface area contributed by atoms with E-state index in [1.807, 2.05) is 16.5 Å². The van der Waals surface area contributed by atoms with Gasteiger partial charge in [0.1, 0.15) is 6.61 Å². The fourth-order valence-electron chi connectivity index (χ4n) is 3.21. The molecule has 0 bridgehead atoms. The van der Waals surface area contributed by atoms with Gasteiger partial charge in [-0.15, -0.1) is 0 Å². The van der Waals surface area contributed by atoms with Gasteiger partial charge in [0.25, 0.3) is 5.91 Å². The van der Waals surface area contributed by atoms with Gasteiger partial charge >= 0.3 is 0 Å². The Morgan fingerprint density at radius 3 is 2.61 bits per heavy atom. The number of hydrogen-bond donors (Lipinski definition) is 0. The van der Waals surface area contributed by atoms with Crippen LogP contribution < -0.4 is 0 Å². The van der Waals surface area contributed by atoms with Gasteiger partial charge in [0.2, 0.25) is 5.91 Å². The van der Waals surface area contributed by atoms with Gasteiger partial charge in [0.05, 0.1) is 17.5 Å². The monoisotopic (exact) mass is 320 g/mol. The van der Waals surface area contributed by atoms with E-state index < -0.39 is 0 Å². The molecule has 23 heavy (non-hydrogen) atoms. The molecular weight excluding hydrogens is 296 g/mol. The molecule has 0 radical (unpaired) electrons. The molecule has 1 saturated heterocycles. The Labute approximate surface area is 136 Å². The largest absolute Gasteiger partial charge is 0.372 e. The first kappa shape index (κ1) is 16.0. The van der Waals surface area contributed by atoms with E-state index in [0.717, 1.165) is 37.1 Å². The summed E-state index contributed by atoms with van der Waals surface area (Å²) in [6, 6.07) is 0. The Bertz CT molecular complexity index is 576. The lowest BCUT2D eigenvalue weighted by atomic mass is 10.1. The Kier molecular flexibility index (Phi) is 4.95. The van der Waals surface area contributed by atoms with Crippen LogP contribution in [0, 0.1) is 0 Å². The Morgan fingerprint density at radius 1 is 1.13 bits per heavy atom. The van der Waals surface area contributed by atoms with Crippen LogP contribution in [0.25, 0.3) is 0 Å². The molecule has 0 aromatic carbocycles. The molecule has 0 unspecified atom stereocenters. The Morgan fingerprint density at radius 2 is 1.87 bits per heavy atom. The predicted molar refractivity (Wildman–Crippen MR) is 84.1 cm³/mol. The van der Waals surface area contributed by atoms with Crippen LogP contribution in [0.15, 0.2) is 6.20 Å². The van der Waals surface area contributed by atoms with Gasteiger partial charge < -0.3 is 14.5 Å². The number of carbonyl (C=O) groups is 2. The normalized spacial score (nSPS) is 18.0. The summed E-state index contributed by atoms with van der Waals surface area (Å²) in [4.78, 5) is 28.3. The molecule has 0 atom stereocenters. The summed E-state index contributed by atoms with van der Waals surface area (Å²) in [6.07, 6.45) is 4.87. The van der Waals surface area contributed by atoms with Crippen molar-refractivity contribution < 1.29 is 14.3 Å². The van der Waals surface area contributed by atoms with Crippen LogP contribution in [0.4, 0.5) is 0 Å². The minimum Gasteiger partial charge on any atom is -0.372 e. The van der Waals surface area contributed by atoms with E-state index in [-0.39, 0.29) is 18.4 Å². The lowest BCUT2D eigenvalue weighted by molar-refractivity contribution is -0.137. The molecule has 126 valence electrons. The maximum atomic E-state index is 12.7. The molecule has 0 spiro atoms. The Hall–Kier alpha value is -1.89. The van der Waals surface area contributed by atoms with Gasteiger partial charge in [-0.1, -0.05) is 0 Å². The van der Waals surface area contributed by atoms with E-state index in [2.05, 4.69) is 5.10 Å². The third kappa shape index (κ3) is 3.39. The van der Waals surface area contributed by atoms with Gasteiger partial charge in [-0.3, -0.25) is 14.3 Å². The molecule has 2 aliphatic rings. The highest BCUT2D eigenvalue weighted by atomic mass is 16.5. The number of amides is 2. The lowest BCUT2D eigenvalue weighted by Crippen LogP contribution is -2.51. The second kappa shape index (κ2) is 7.12. The molecule has 3 rings (SSSR count). The number of fused-ring (bicyclic) bond motifs is 1. The van der Waals surface area contributed by atoms with Crippen molar-refractivity contribution in [1.82, 2.24) is 19.6 Å². The van der Waals surface area contributed by atoms with Gasteiger partial charge in [-0.05, 0) is 26.2 Å². The fourth-order valence-corrected chi connectivity index (χ4v) is 3.21. The van der Waals surface area contributed by atoms with Crippen molar-refractivity contribution in [1.29, 1.82) is 0 Å². The summed E-state index contributed by atoms with van der Waals surface area (Å²) in [5.41, 5.74) is 1.80. The molecule has 1 aromatic heterocycles. The first-order valence-corrected chi connectivity index (χ1v) is 8.40. The minimum absolute atomic E-state index is 0.00172. The van der Waals surface area contributed by atoms with Gasteiger partial charge in [0, 0.05) is 39.3 Å². The van der Waals surface area contributed by atoms with E-state index >= 15 is 0 Å². The van der Waals surface area contributed by atoms with Crippen LogP contribution in [0.5, 0.6) is 0 Å². The second-order valence-corrected chi connectivity index (χ2v) is 6.00. The highest BCUT2D eigenvalue weighted by Gasteiger charge is 2.28. The van der Waals surface area contributed by atoms with Gasteiger partial charge in [-0.2, -0.15) is 5.10 Å². The predicted octanol–water partition coefficient (Wildman–Crippen LogP) is 0.540. The molecule has 3 heterocycles. The number of ether oxygens (including phenoxy) is 1. The van der Waals surface area contributed by atoms with Crippen molar-refractivity contribution in [2.45, 2.75) is 32.7 Å². The number of carbonyl (C=O) groups excluding carboxylic acids is 2. The SMILES string of the molecule is CCOCC(=O)N1CCN(C(=O)c2cnn3c2CCCC3)CC1. The smallest absolute Gasteiger partial charge is 0.257 e. The first-order valence-electron chi connectivity index (χ1n) is 8.40. The van der Waals surface area contributed by atoms with Crippen LogP contribution in [-0.4, -0.2) is 70.8 Å². The van der Waals surface area contributed by atoms with Crippen molar-refractivity contribution in [2.75, 3.05) is 39.4 Å². The molecular formula is C16H24N4O3. The summed E-state index contributed by atoms with van der Waals surface area (Å²) in [5.74, 6) is 0.0481. The number of aryl methyl sites for hydroxylation is 1. The molecule has 0 saturated carbocycles. The van der Waals surface area contributed by atoms with Crippen LogP contribution in [0.1, 0.15) is 35.8 Å². The summed E-state index contributed by atoms with van der Waals surface area (Å²) in [5, 5.41) is 4.34. The van der Waals surface area contributed by atoms with Crippen molar-refractivity contribution in [2.24, 2.45) is 0 Å². The molecule has 2 aliphatic heterocycles. The average Bonchev–Trinajstić information content (AvgIpc) is 3.03. The summed E-state index contributed by atoms with van der Waals surface area (Å²) in [6.45, 7) is 5.72. The molecule has 7 nitrogen and oxygen atoms in total. The van der Waals surface area contributed by atoms with Crippen LogP contribution >= 0.6 is 0 Å². The van der Waals surface area contributed by atoms with Gasteiger partial charge in [0.15, 0.2) is 0 Å². The maximum Gasteiger partial charge on any atom is 0.257 e.